The highest BCUT2D eigenvalue weighted by Crippen LogP contribution is 2.60. The Balaban J connectivity index is 1.57. The third kappa shape index (κ3) is 1.61. The molecule has 6 rings (SSSR count). The first-order valence-electron chi connectivity index (χ1n) is 9.03. The molecule has 1 spiro atoms. The second kappa shape index (κ2) is 4.57. The Hall–Kier alpha value is -2.15. The largest absolute Gasteiger partial charge is 0.448 e. The van der Waals surface area contributed by atoms with Crippen LogP contribution in [-0.4, -0.2) is 39.8 Å². The van der Waals surface area contributed by atoms with E-state index in [1.54, 1.807) is 0 Å². The van der Waals surface area contributed by atoms with Crippen molar-refractivity contribution in [2.45, 2.75) is 43.0 Å². The standard InChI is InChI=1S/C20H18O6/c21-11-7-8-19(23)18-17(11)12(22)9-15(26-19)20(18)24-13-5-1-3-10-4-2-6-14(25-20)16(10)13/h1-6,11,15,17-18,21,23H,7-9H2/t11-,15-,17+,18-,19+/m1/s1. The molecule has 3 fully saturated rings. The summed E-state index contributed by atoms with van der Waals surface area (Å²) in [6.45, 7) is 0. The second-order valence-electron chi connectivity index (χ2n) is 7.77. The minimum Gasteiger partial charge on any atom is -0.448 e. The Morgan fingerprint density at radius 3 is 2.46 bits per heavy atom. The lowest BCUT2D eigenvalue weighted by Gasteiger charge is -2.50. The van der Waals surface area contributed by atoms with Crippen LogP contribution < -0.4 is 9.47 Å². The molecule has 1 saturated heterocycles. The third-order valence-corrected chi connectivity index (χ3v) is 6.41. The molecule has 2 bridgehead atoms. The summed E-state index contributed by atoms with van der Waals surface area (Å²) in [7, 11) is 0. The van der Waals surface area contributed by atoms with Crippen LogP contribution in [0.2, 0.25) is 0 Å². The maximum atomic E-state index is 12.6. The van der Waals surface area contributed by atoms with Crippen molar-refractivity contribution in [1.82, 2.24) is 0 Å². The molecule has 2 heterocycles. The van der Waals surface area contributed by atoms with Crippen molar-refractivity contribution < 1.29 is 29.2 Å². The van der Waals surface area contributed by atoms with Crippen LogP contribution in [0.25, 0.3) is 10.8 Å². The fraction of sp³-hybridized carbons (Fsp3) is 0.450. The minimum absolute atomic E-state index is 0.0542. The average molecular weight is 354 g/mol. The van der Waals surface area contributed by atoms with Gasteiger partial charge in [-0.2, -0.15) is 0 Å². The van der Waals surface area contributed by atoms with Gasteiger partial charge in [0.05, 0.1) is 17.4 Å². The molecule has 2 aliphatic carbocycles. The molecule has 0 radical (unpaired) electrons. The van der Waals surface area contributed by atoms with E-state index in [0.717, 1.165) is 10.8 Å². The van der Waals surface area contributed by atoms with Crippen LogP contribution in [0.1, 0.15) is 19.3 Å². The molecule has 2 N–H and O–H groups in total. The fourth-order valence-electron chi connectivity index (χ4n) is 5.39. The van der Waals surface area contributed by atoms with E-state index < -0.39 is 35.6 Å². The molecule has 2 aromatic carbocycles. The smallest absolute Gasteiger partial charge is 0.286 e. The van der Waals surface area contributed by atoms with Gasteiger partial charge >= 0.3 is 0 Å². The number of Topliss-reactive ketones (excluding diaryl/α,β-unsaturated/α-hetero) is 1. The summed E-state index contributed by atoms with van der Waals surface area (Å²) in [5.74, 6) is -3.16. The van der Waals surface area contributed by atoms with Gasteiger partial charge in [0, 0.05) is 12.8 Å². The lowest BCUT2D eigenvalue weighted by atomic mass is 9.64. The van der Waals surface area contributed by atoms with Crippen molar-refractivity contribution >= 4 is 16.6 Å². The molecular weight excluding hydrogens is 336 g/mol. The second-order valence-corrected chi connectivity index (χ2v) is 7.77. The Kier molecular flexibility index (Phi) is 2.63. The van der Waals surface area contributed by atoms with Crippen molar-refractivity contribution in [3.05, 3.63) is 36.4 Å². The van der Waals surface area contributed by atoms with Gasteiger partial charge in [-0.3, -0.25) is 4.79 Å². The summed E-state index contributed by atoms with van der Waals surface area (Å²) >= 11 is 0. The van der Waals surface area contributed by atoms with Gasteiger partial charge in [0.15, 0.2) is 5.79 Å². The first-order chi connectivity index (χ1) is 12.5. The van der Waals surface area contributed by atoms with E-state index in [-0.39, 0.29) is 18.6 Å². The number of aliphatic hydroxyl groups is 2. The van der Waals surface area contributed by atoms with E-state index in [1.807, 2.05) is 36.4 Å². The molecule has 26 heavy (non-hydrogen) atoms. The summed E-state index contributed by atoms with van der Waals surface area (Å²) in [4.78, 5) is 12.6. The number of hydrogen-bond acceptors (Lipinski definition) is 6. The van der Waals surface area contributed by atoms with Gasteiger partial charge in [0.1, 0.15) is 29.3 Å². The van der Waals surface area contributed by atoms with E-state index in [4.69, 9.17) is 14.2 Å². The van der Waals surface area contributed by atoms with E-state index in [9.17, 15) is 15.0 Å². The first kappa shape index (κ1) is 15.0. The molecule has 6 nitrogen and oxygen atoms in total. The maximum Gasteiger partial charge on any atom is 0.286 e. The van der Waals surface area contributed by atoms with Crippen LogP contribution in [0.4, 0.5) is 0 Å². The molecule has 2 aromatic rings. The van der Waals surface area contributed by atoms with E-state index >= 15 is 0 Å². The monoisotopic (exact) mass is 354 g/mol. The van der Waals surface area contributed by atoms with Gasteiger partial charge < -0.3 is 24.4 Å². The number of aliphatic hydroxyl groups excluding tert-OH is 1. The summed E-state index contributed by atoms with van der Waals surface area (Å²) in [5, 5.41) is 23.5. The topological polar surface area (TPSA) is 85.2 Å². The van der Waals surface area contributed by atoms with Crippen LogP contribution in [0.5, 0.6) is 11.5 Å². The fourth-order valence-corrected chi connectivity index (χ4v) is 5.39. The normalized spacial score (nSPS) is 38.9. The summed E-state index contributed by atoms with van der Waals surface area (Å²) in [6, 6.07) is 11.5. The van der Waals surface area contributed by atoms with Crippen LogP contribution >= 0.6 is 0 Å². The first-order valence-corrected chi connectivity index (χ1v) is 9.03. The molecule has 5 atom stereocenters. The number of rotatable bonds is 0. The Morgan fingerprint density at radius 2 is 1.77 bits per heavy atom. The zero-order chi connectivity index (χ0) is 17.7. The van der Waals surface area contributed by atoms with Gasteiger partial charge in [-0.15, -0.1) is 0 Å². The summed E-state index contributed by atoms with van der Waals surface area (Å²) in [6.07, 6.45) is -0.918. The number of hydrogen-bond donors (Lipinski definition) is 2. The Morgan fingerprint density at radius 1 is 1.08 bits per heavy atom. The van der Waals surface area contributed by atoms with Gasteiger partial charge in [-0.25, -0.2) is 0 Å². The number of carbonyl (C=O) groups is 1. The van der Waals surface area contributed by atoms with Crippen LogP contribution in [-0.2, 0) is 9.53 Å². The number of carbonyl (C=O) groups excluding carboxylic acids is 1. The predicted octanol–water partition coefficient (Wildman–Crippen LogP) is 1.75. The minimum atomic E-state index is -1.53. The van der Waals surface area contributed by atoms with Gasteiger partial charge in [-0.1, -0.05) is 24.3 Å². The SMILES string of the molecule is O=C1C[C@H]2O[C@@]3(O)CC[C@@H](O)[C@@H]1[C@H]3C21Oc2cccc3cccc(c23)O1. The molecule has 0 amide bonds. The highest BCUT2D eigenvalue weighted by Gasteiger charge is 2.76. The number of benzene rings is 2. The van der Waals surface area contributed by atoms with E-state index in [0.29, 0.717) is 17.9 Å². The van der Waals surface area contributed by atoms with Crippen molar-refractivity contribution in [2.75, 3.05) is 0 Å². The van der Waals surface area contributed by atoms with Crippen LogP contribution in [0, 0.1) is 11.8 Å². The average Bonchev–Trinajstić information content (AvgIpc) is 2.78. The molecule has 0 aromatic heterocycles. The zero-order valence-electron chi connectivity index (χ0n) is 13.9. The third-order valence-electron chi connectivity index (χ3n) is 6.41. The van der Waals surface area contributed by atoms with Crippen molar-refractivity contribution in [3.8, 4) is 11.5 Å². The van der Waals surface area contributed by atoms with Crippen molar-refractivity contribution in [1.29, 1.82) is 0 Å². The summed E-state index contributed by atoms with van der Waals surface area (Å²) < 4.78 is 18.6. The maximum absolute atomic E-state index is 12.6. The summed E-state index contributed by atoms with van der Waals surface area (Å²) in [5.41, 5.74) is 0. The highest BCUT2D eigenvalue weighted by atomic mass is 16.8. The molecule has 134 valence electrons. The van der Waals surface area contributed by atoms with Gasteiger partial charge in [0.2, 0.25) is 0 Å². The molecule has 4 aliphatic rings. The van der Waals surface area contributed by atoms with Crippen molar-refractivity contribution in [2.24, 2.45) is 11.8 Å². The lowest BCUT2D eigenvalue weighted by molar-refractivity contribution is -0.247. The Bertz CT molecular complexity index is 914. The van der Waals surface area contributed by atoms with Gasteiger partial charge in [-0.05, 0) is 23.9 Å². The quantitative estimate of drug-likeness (QED) is 0.750. The van der Waals surface area contributed by atoms with Gasteiger partial charge in [0.25, 0.3) is 5.79 Å². The lowest BCUT2D eigenvalue weighted by Crippen LogP contribution is -2.67. The zero-order valence-corrected chi connectivity index (χ0v) is 13.9. The molecule has 2 saturated carbocycles. The predicted molar refractivity (Wildman–Crippen MR) is 89.6 cm³/mol. The number of ketones is 1. The Labute approximate surface area is 149 Å². The number of ether oxygens (including phenoxy) is 3. The molecular formula is C20H18O6. The van der Waals surface area contributed by atoms with Crippen LogP contribution in [0.15, 0.2) is 36.4 Å². The van der Waals surface area contributed by atoms with Crippen molar-refractivity contribution in [3.63, 3.8) is 0 Å². The highest BCUT2D eigenvalue weighted by molar-refractivity contribution is 5.94. The molecule has 0 unspecified atom stereocenters. The van der Waals surface area contributed by atoms with Crippen LogP contribution in [0.3, 0.4) is 0 Å². The van der Waals surface area contributed by atoms with E-state index in [2.05, 4.69) is 0 Å². The molecule has 6 heteroatoms. The molecule has 2 aliphatic heterocycles. The van der Waals surface area contributed by atoms with E-state index in [1.165, 1.54) is 0 Å².